The second-order valence-electron chi connectivity index (χ2n) is 9.00. The van der Waals surface area contributed by atoms with E-state index in [9.17, 15) is 9.59 Å². The van der Waals surface area contributed by atoms with Gasteiger partial charge in [0.1, 0.15) is 5.58 Å². The molecule has 1 atom stereocenters. The summed E-state index contributed by atoms with van der Waals surface area (Å²) in [5.74, 6) is 1.48. The zero-order chi connectivity index (χ0) is 25.1. The maximum absolute atomic E-state index is 13.7. The van der Waals surface area contributed by atoms with Gasteiger partial charge in [-0.05, 0) is 54.7 Å². The van der Waals surface area contributed by atoms with Crippen molar-refractivity contribution in [1.82, 2.24) is 4.90 Å². The van der Waals surface area contributed by atoms with Gasteiger partial charge < -0.3 is 23.5 Å². The Morgan fingerprint density at radius 3 is 2.57 bits per heavy atom. The van der Waals surface area contributed by atoms with Crippen LogP contribution < -0.4 is 14.9 Å². The molecule has 1 aromatic heterocycles. The van der Waals surface area contributed by atoms with Crippen molar-refractivity contribution in [2.45, 2.75) is 32.7 Å². The second-order valence-corrected chi connectivity index (χ2v) is 9.92. The standard InChI is InChI=1S/C27H30BrNO6/c1-16(2)10-13-34-21-8-6-17(14-22(21)33-4)24-23-25(30)19-15-18(28)7-9-20(19)35-26(23)27(31)29(24)11-5-12-32-3/h6-9,14-16,24H,5,10-13H2,1-4H3. The number of ether oxygens (including phenoxy) is 3. The monoisotopic (exact) mass is 543 g/mol. The van der Waals surface area contributed by atoms with Crippen LogP contribution in [0.4, 0.5) is 0 Å². The van der Waals surface area contributed by atoms with Gasteiger partial charge in [-0.1, -0.05) is 35.8 Å². The molecular weight excluding hydrogens is 514 g/mol. The van der Waals surface area contributed by atoms with Crippen molar-refractivity contribution in [1.29, 1.82) is 0 Å². The van der Waals surface area contributed by atoms with Crippen molar-refractivity contribution < 1.29 is 23.4 Å². The lowest BCUT2D eigenvalue weighted by Gasteiger charge is -2.25. The van der Waals surface area contributed by atoms with Crippen LogP contribution in [0.5, 0.6) is 11.5 Å². The molecule has 1 aliphatic rings. The summed E-state index contributed by atoms with van der Waals surface area (Å²) >= 11 is 3.43. The van der Waals surface area contributed by atoms with Crippen LogP contribution in [0.1, 0.15) is 54.4 Å². The lowest BCUT2D eigenvalue weighted by atomic mass is 9.98. The average Bonchev–Trinajstić information content (AvgIpc) is 3.11. The minimum atomic E-state index is -0.604. The lowest BCUT2D eigenvalue weighted by molar-refractivity contribution is 0.0707. The fourth-order valence-corrected chi connectivity index (χ4v) is 4.69. The summed E-state index contributed by atoms with van der Waals surface area (Å²) in [4.78, 5) is 28.8. The number of fused-ring (bicyclic) bond motifs is 2. The fraction of sp³-hybridized carbons (Fsp3) is 0.407. The molecule has 0 saturated carbocycles. The fourth-order valence-electron chi connectivity index (χ4n) is 4.33. The summed E-state index contributed by atoms with van der Waals surface area (Å²) < 4.78 is 23.5. The minimum absolute atomic E-state index is 0.0865. The van der Waals surface area contributed by atoms with E-state index in [1.807, 2.05) is 18.2 Å². The predicted octanol–water partition coefficient (Wildman–Crippen LogP) is 5.57. The highest BCUT2D eigenvalue weighted by atomic mass is 79.9. The number of rotatable bonds is 10. The summed E-state index contributed by atoms with van der Waals surface area (Å²) in [7, 11) is 3.20. The van der Waals surface area contributed by atoms with E-state index < -0.39 is 6.04 Å². The van der Waals surface area contributed by atoms with Gasteiger partial charge >= 0.3 is 0 Å². The van der Waals surface area contributed by atoms with Gasteiger partial charge in [-0.25, -0.2) is 0 Å². The Labute approximate surface area is 213 Å². The van der Waals surface area contributed by atoms with E-state index in [1.54, 1.807) is 37.3 Å². The molecule has 2 heterocycles. The third-order valence-electron chi connectivity index (χ3n) is 6.13. The summed E-state index contributed by atoms with van der Waals surface area (Å²) in [6, 6.07) is 10.2. The smallest absolute Gasteiger partial charge is 0.290 e. The van der Waals surface area contributed by atoms with Crippen LogP contribution in [0.2, 0.25) is 0 Å². The topological polar surface area (TPSA) is 78.2 Å². The SMILES string of the molecule is COCCCN1C(=O)c2oc3ccc(Br)cc3c(=O)c2C1c1ccc(OCCC(C)C)c(OC)c1. The minimum Gasteiger partial charge on any atom is -0.493 e. The molecule has 0 bridgehead atoms. The number of amides is 1. The van der Waals surface area contributed by atoms with E-state index in [-0.39, 0.29) is 17.1 Å². The molecule has 0 N–H and O–H groups in total. The number of carbonyl (C=O) groups is 1. The first kappa shape index (κ1) is 25.3. The molecule has 1 aliphatic heterocycles. The van der Waals surface area contributed by atoms with Gasteiger partial charge in [0.05, 0.1) is 30.7 Å². The van der Waals surface area contributed by atoms with E-state index in [1.165, 1.54) is 0 Å². The van der Waals surface area contributed by atoms with Crippen LogP contribution in [-0.4, -0.2) is 44.8 Å². The third-order valence-corrected chi connectivity index (χ3v) is 6.62. The molecular formula is C27H30BrNO6. The molecule has 2 aromatic carbocycles. The van der Waals surface area contributed by atoms with E-state index in [2.05, 4.69) is 29.8 Å². The van der Waals surface area contributed by atoms with Gasteiger partial charge in [0, 0.05) is 24.7 Å². The van der Waals surface area contributed by atoms with Crippen LogP contribution in [0.25, 0.3) is 11.0 Å². The van der Waals surface area contributed by atoms with E-state index >= 15 is 0 Å². The third kappa shape index (κ3) is 5.09. The molecule has 186 valence electrons. The molecule has 1 unspecified atom stereocenters. The Hall–Kier alpha value is -2.84. The molecule has 7 nitrogen and oxygen atoms in total. The highest BCUT2D eigenvalue weighted by Crippen LogP contribution is 2.41. The van der Waals surface area contributed by atoms with Gasteiger partial charge in [-0.15, -0.1) is 0 Å². The molecule has 3 aromatic rings. The van der Waals surface area contributed by atoms with Crippen molar-refractivity contribution in [3.63, 3.8) is 0 Å². The number of halogens is 1. The van der Waals surface area contributed by atoms with Crippen LogP contribution in [0.3, 0.4) is 0 Å². The molecule has 0 fully saturated rings. The molecule has 8 heteroatoms. The maximum atomic E-state index is 13.7. The average molecular weight is 544 g/mol. The number of carbonyl (C=O) groups excluding carboxylic acids is 1. The number of methoxy groups -OCH3 is 2. The molecule has 0 aliphatic carbocycles. The van der Waals surface area contributed by atoms with Crippen LogP contribution in [0, 0.1) is 5.92 Å². The normalized spacial score (nSPS) is 15.2. The first-order chi connectivity index (χ1) is 16.8. The molecule has 35 heavy (non-hydrogen) atoms. The molecule has 0 saturated heterocycles. The van der Waals surface area contributed by atoms with Gasteiger partial charge in [0.25, 0.3) is 5.91 Å². The lowest BCUT2D eigenvalue weighted by Crippen LogP contribution is -2.31. The number of hydrogen-bond donors (Lipinski definition) is 0. The first-order valence-corrected chi connectivity index (χ1v) is 12.5. The summed E-state index contributed by atoms with van der Waals surface area (Å²) in [6.45, 7) is 5.77. The van der Waals surface area contributed by atoms with Crippen LogP contribution in [0.15, 0.2) is 50.1 Å². The van der Waals surface area contributed by atoms with Gasteiger partial charge in [0.15, 0.2) is 16.9 Å². The zero-order valence-electron chi connectivity index (χ0n) is 20.4. The molecule has 0 radical (unpaired) electrons. The van der Waals surface area contributed by atoms with E-state index in [0.717, 1.165) is 16.5 Å². The number of benzene rings is 2. The molecule has 4 rings (SSSR count). The van der Waals surface area contributed by atoms with Gasteiger partial charge in [-0.2, -0.15) is 0 Å². The van der Waals surface area contributed by atoms with Crippen molar-refractivity contribution in [2.75, 3.05) is 34.0 Å². The maximum Gasteiger partial charge on any atom is 0.290 e. The second kappa shape index (κ2) is 10.8. The van der Waals surface area contributed by atoms with Crippen molar-refractivity contribution in [3.8, 4) is 11.5 Å². The van der Waals surface area contributed by atoms with Crippen molar-refractivity contribution in [3.05, 3.63) is 68.0 Å². The largest absolute Gasteiger partial charge is 0.493 e. The molecule has 0 spiro atoms. The number of hydrogen-bond acceptors (Lipinski definition) is 6. The Bertz CT molecular complexity index is 1280. The first-order valence-electron chi connectivity index (χ1n) is 11.7. The van der Waals surface area contributed by atoms with Crippen molar-refractivity contribution in [2.24, 2.45) is 5.92 Å². The Morgan fingerprint density at radius 2 is 1.86 bits per heavy atom. The quantitative estimate of drug-likeness (QED) is 0.311. The zero-order valence-corrected chi connectivity index (χ0v) is 22.0. The Balaban J connectivity index is 1.81. The number of nitrogens with zero attached hydrogens (tertiary/aromatic N) is 1. The van der Waals surface area contributed by atoms with Crippen LogP contribution >= 0.6 is 15.9 Å². The van der Waals surface area contributed by atoms with Crippen molar-refractivity contribution >= 4 is 32.8 Å². The van der Waals surface area contributed by atoms with Gasteiger partial charge in [0.2, 0.25) is 5.76 Å². The van der Waals surface area contributed by atoms with Crippen LogP contribution in [-0.2, 0) is 4.74 Å². The van der Waals surface area contributed by atoms with E-state index in [0.29, 0.717) is 60.1 Å². The van der Waals surface area contributed by atoms with Gasteiger partial charge in [-0.3, -0.25) is 9.59 Å². The summed E-state index contributed by atoms with van der Waals surface area (Å²) in [5.41, 5.74) is 1.26. The highest BCUT2D eigenvalue weighted by Gasteiger charge is 2.42. The summed E-state index contributed by atoms with van der Waals surface area (Å²) in [6.07, 6.45) is 1.55. The summed E-state index contributed by atoms with van der Waals surface area (Å²) in [5, 5.41) is 0.426. The predicted molar refractivity (Wildman–Crippen MR) is 138 cm³/mol. The Kier molecular flexibility index (Phi) is 7.82. The highest BCUT2D eigenvalue weighted by molar-refractivity contribution is 9.10. The Morgan fingerprint density at radius 1 is 1.06 bits per heavy atom. The van der Waals surface area contributed by atoms with E-state index in [4.69, 9.17) is 18.6 Å². The molecule has 1 amide bonds.